The number of primary amides is 1. The minimum atomic E-state index is -4.75. The minimum absolute atomic E-state index is 0.271. The highest BCUT2D eigenvalue weighted by Crippen LogP contribution is 2.31. The Morgan fingerprint density at radius 1 is 1.06 bits per heavy atom. The second kappa shape index (κ2) is 9.87. The van der Waals surface area contributed by atoms with Gasteiger partial charge in [0, 0.05) is 16.9 Å². The van der Waals surface area contributed by atoms with Crippen molar-refractivity contribution in [1.82, 2.24) is 10.2 Å². The Morgan fingerprint density at radius 2 is 1.69 bits per heavy atom. The molecule has 1 heterocycles. The quantitative estimate of drug-likeness (QED) is 0.406. The molecule has 0 radical (unpaired) electrons. The highest BCUT2D eigenvalue weighted by molar-refractivity contribution is 8.02. The number of thioether (sulfide) groups is 1. The van der Waals surface area contributed by atoms with Crippen LogP contribution in [0.1, 0.15) is 17.3 Å². The lowest BCUT2D eigenvalue weighted by Crippen LogP contribution is -2.22. The van der Waals surface area contributed by atoms with Gasteiger partial charge in [-0.2, -0.15) is 0 Å². The van der Waals surface area contributed by atoms with Crippen LogP contribution in [0.3, 0.4) is 0 Å². The van der Waals surface area contributed by atoms with Crippen LogP contribution < -0.4 is 21.1 Å². The first kappa shape index (κ1) is 23.3. The zero-order valence-corrected chi connectivity index (χ0v) is 18.0. The van der Waals surface area contributed by atoms with E-state index in [2.05, 4.69) is 25.6 Å². The van der Waals surface area contributed by atoms with E-state index in [1.54, 1.807) is 19.1 Å². The van der Waals surface area contributed by atoms with E-state index in [1.807, 2.05) is 0 Å². The molecule has 0 fully saturated rings. The predicted molar refractivity (Wildman–Crippen MR) is 115 cm³/mol. The van der Waals surface area contributed by atoms with Crippen LogP contribution in [0.2, 0.25) is 0 Å². The van der Waals surface area contributed by atoms with Crippen molar-refractivity contribution < 1.29 is 27.5 Å². The standard InChI is InChI=1S/C19H16F3N5O3S2/c1-10(16(29)24-12-4-2-11(3-5-12)15(23)28)31-18-27-26-17(32-18)25-13-6-8-14(9-7-13)30-19(20,21)22/h2-10H,1H3,(H2,23,28)(H,24,29)(H,25,26). The summed E-state index contributed by atoms with van der Waals surface area (Å²) in [6, 6.07) is 11.4. The van der Waals surface area contributed by atoms with Gasteiger partial charge in [-0.3, -0.25) is 9.59 Å². The number of nitrogens with one attached hydrogen (secondary N) is 2. The van der Waals surface area contributed by atoms with Gasteiger partial charge in [0.25, 0.3) is 0 Å². The summed E-state index contributed by atoms with van der Waals surface area (Å²) in [5, 5.41) is 13.5. The van der Waals surface area contributed by atoms with Crippen molar-refractivity contribution in [3.05, 3.63) is 54.1 Å². The second-order valence-electron chi connectivity index (χ2n) is 6.26. The number of nitrogens with two attached hydrogens (primary N) is 1. The van der Waals surface area contributed by atoms with Crippen molar-refractivity contribution in [3.63, 3.8) is 0 Å². The first-order valence-electron chi connectivity index (χ1n) is 8.93. The first-order valence-corrected chi connectivity index (χ1v) is 10.6. The van der Waals surface area contributed by atoms with E-state index in [1.165, 1.54) is 59.5 Å². The van der Waals surface area contributed by atoms with Gasteiger partial charge in [0.15, 0.2) is 4.34 Å². The van der Waals surface area contributed by atoms with Crippen LogP contribution in [-0.4, -0.2) is 33.6 Å². The number of anilines is 3. The molecule has 4 N–H and O–H groups in total. The zero-order chi connectivity index (χ0) is 23.3. The summed E-state index contributed by atoms with van der Waals surface area (Å²) >= 11 is 2.38. The van der Waals surface area contributed by atoms with Gasteiger partial charge < -0.3 is 21.1 Å². The average Bonchev–Trinajstić information content (AvgIpc) is 3.15. The first-order chi connectivity index (χ1) is 15.1. The molecule has 8 nitrogen and oxygen atoms in total. The van der Waals surface area contributed by atoms with Crippen molar-refractivity contribution in [2.75, 3.05) is 10.6 Å². The van der Waals surface area contributed by atoms with Gasteiger partial charge in [-0.25, -0.2) is 0 Å². The number of hydrogen-bond donors (Lipinski definition) is 3. The lowest BCUT2D eigenvalue weighted by Gasteiger charge is -2.10. The zero-order valence-electron chi connectivity index (χ0n) is 16.3. The van der Waals surface area contributed by atoms with Crippen LogP contribution in [-0.2, 0) is 4.79 Å². The number of rotatable bonds is 8. The fourth-order valence-electron chi connectivity index (χ4n) is 2.34. The SMILES string of the molecule is CC(Sc1nnc(Nc2ccc(OC(F)(F)F)cc2)s1)C(=O)Nc1ccc(C(N)=O)cc1. The summed E-state index contributed by atoms with van der Waals surface area (Å²) in [6.45, 7) is 1.70. The van der Waals surface area contributed by atoms with E-state index >= 15 is 0 Å². The third-order valence-electron chi connectivity index (χ3n) is 3.83. The van der Waals surface area contributed by atoms with Gasteiger partial charge >= 0.3 is 6.36 Å². The van der Waals surface area contributed by atoms with Crippen LogP contribution in [0.5, 0.6) is 5.75 Å². The van der Waals surface area contributed by atoms with Gasteiger partial charge in [-0.05, 0) is 55.5 Å². The molecule has 1 aromatic heterocycles. The summed E-state index contributed by atoms with van der Waals surface area (Å²) in [7, 11) is 0. The Balaban J connectivity index is 1.53. The third-order valence-corrected chi connectivity index (χ3v) is 5.85. The number of amides is 2. The van der Waals surface area contributed by atoms with Crippen molar-refractivity contribution in [2.45, 2.75) is 22.9 Å². The number of ether oxygens (including phenoxy) is 1. The molecular formula is C19H16F3N5O3S2. The molecule has 0 spiro atoms. The molecule has 2 amide bonds. The maximum absolute atomic E-state index is 12.4. The van der Waals surface area contributed by atoms with Crippen LogP contribution in [0.25, 0.3) is 0 Å². The summed E-state index contributed by atoms with van der Waals surface area (Å²) in [6.07, 6.45) is -4.75. The number of hydrogen-bond acceptors (Lipinski definition) is 8. The van der Waals surface area contributed by atoms with E-state index in [0.29, 0.717) is 26.4 Å². The fourth-order valence-corrected chi connectivity index (χ4v) is 4.25. The molecule has 1 atom stereocenters. The van der Waals surface area contributed by atoms with E-state index in [9.17, 15) is 22.8 Å². The molecule has 0 bridgehead atoms. The molecule has 13 heteroatoms. The van der Waals surface area contributed by atoms with Gasteiger partial charge in [-0.1, -0.05) is 23.1 Å². The molecule has 0 aliphatic heterocycles. The van der Waals surface area contributed by atoms with E-state index in [0.717, 1.165) is 0 Å². The second-order valence-corrected chi connectivity index (χ2v) is 8.83. The largest absolute Gasteiger partial charge is 0.573 e. The maximum atomic E-state index is 12.4. The number of carbonyl (C=O) groups is 2. The summed E-state index contributed by atoms with van der Waals surface area (Å²) < 4.78 is 41.0. The molecule has 0 aliphatic carbocycles. The number of aromatic nitrogens is 2. The molecule has 32 heavy (non-hydrogen) atoms. The van der Waals surface area contributed by atoms with Crippen LogP contribution in [0.15, 0.2) is 52.9 Å². The maximum Gasteiger partial charge on any atom is 0.573 e. The Hall–Kier alpha value is -3.32. The molecule has 0 saturated heterocycles. The van der Waals surface area contributed by atoms with E-state index in [-0.39, 0.29) is 11.7 Å². The van der Waals surface area contributed by atoms with Gasteiger partial charge in [0.1, 0.15) is 5.75 Å². The van der Waals surface area contributed by atoms with Crippen molar-refractivity contribution in [1.29, 1.82) is 0 Å². The van der Waals surface area contributed by atoms with E-state index in [4.69, 9.17) is 5.73 Å². The molecule has 3 aromatic rings. The summed E-state index contributed by atoms with van der Waals surface area (Å²) in [5.41, 5.74) is 6.54. The van der Waals surface area contributed by atoms with Crippen molar-refractivity contribution in [3.8, 4) is 5.75 Å². The molecule has 2 aromatic carbocycles. The number of benzene rings is 2. The monoisotopic (exact) mass is 483 g/mol. The highest BCUT2D eigenvalue weighted by Gasteiger charge is 2.31. The van der Waals surface area contributed by atoms with E-state index < -0.39 is 17.5 Å². The Bertz CT molecular complexity index is 1090. The smallest absolute Gasteiger partial charge is 0.406 e. The Labute approximate surface area is 188 Å². The Kier molecular flexibility index (Phi) is 7.20. The number of nitrogens with zero attached hydrogens (tertiary/aromatic N) is 2. The van der Waals surface area contributed by atoms with Gasteiger partial charge in [0.05, 0.1) is 5.25 Å². The molecule has 0 saturated carbocycles. The molecule has 168 valence electrons. The van der Waals surface area contributed by atoms with Crippen LogP contribution in [0.4, 0.5) is 29.7 Å². The van der Waals surface area contributed by atoms with Gasteiger partial charge in [-0.15, -0.1) is 23.4 Å². The van der Waals surface area contributed by atoms with Crippen LogP contribution in [0, 0.1) is 0 Å². The topological polar surface area (TPSA) is 119 Å². The normalized spacial score (nSPS) is 12.1. The lowest BCUT2D eigenvalue weighted by molar-refractivity contribution is -0.274. The van der Waals surface area contributed by atoms with Crippen molar-refractivity contribution in [2.24, 2.45) is 5.73 Å². The highest BCUT2D eigenvalue weighted by atomic mass is 32.2. The van der Waals surface area contributed by atoms with Gasteiger partial charge in [0.2, 0.25) is 16.9 Å². The lowest BCUT2D eigenvalue weighted by atomic mass is 10.2. The predicted octanol–water partition coefficient (Wildman–Crippen LogP) is 4.40. The van der Waals surface area contributed by atoms with Crippen molar-refractivity contribution >= 4 is 51.4 Å². The van der Waals surface area contributed by atoms with Crippen LogP contribution >= 0.6 is 23.1 Å². The summed E-state index contributed by atoms with van der Waals surface area (Å²) in [4.78, 5) is 23.5. The molecular weight excluding hydrogens is 467 g/mol. The Morgan fingerprint density at radius 3 is 2.28 bits per heavy atom. The minimum Gasteiger partial charge on any atom is -0.406 e. The fraction of sp³-hybridized carbons (Fsp3) is 0.158. The third kappa shape index (κ3) is 6.85. The molecule has 3 rings (SSSR count). The molecule has 1 unspecified atom stereocenters. The molecule has 0 aliphatic rings. The summed E-state index contributed by atoms with van der Waals surface area (Å²) in [5.74, 6) is -1.16. The average molecular weight is 483 g/mol. The number of halogens is 3. The number of carbonyl (C=O) groups excluding carboxylic acids is 2. The number of alkyl halides is 3.